The molecule has 3 aliphatic rings. The van der Waals surface area contributed by atoms with Crippen LogP contribution < -0.4 is 25.2 Å². The number of alkyl halides is 3. The SMILES string of the molecule is Cc1ncsc1-c1ccc([C@H](C)NC(=O)[C@@H]2C[C@@H]3CN2C(=O)[C@H](C(C)(C)C)NC(=O)COCCCOCCC(CCOc2ccc(N4C(=S)N(c5ccc(C#N)c(C(F)(F)F)c5)C(=O)C4(C)C)cc2)OC(=O)CC/C=C/CCC(=O)O3)cc1. The molecule has 0 spiro atoms. The summed E-state index contributed by atoms with van der Waals surface area (Å²) in [5.41, 5.74) is 1.04. The molecule has 7 rings (SSSR count). The third kappa shape index (κ3) is 16.3. The number of carbonyl (C=O) groups excluding carboxylic acids is 6. The number of allylic oxidation sites excluding steroid dienone is 2. The van der Waals surface area contributed by atoms with Gasteiger partial charge in [0.15, 0.2) is 5.11 Å². The van der Waals surface area contributed by atoms with Gasteiger partial charge < -0.3 is 44.1 Å². The largest absolute Gasteiger partial charge is 0.493 e. The summed E-state index contributed by atoms with van der Waals surface area (Å²) in [6, 6.07) is 16.5. The molecule has 4 amide bonds. The number of thiazole rings is 1. The molecule has 2 bridgehead atoms. The van der Waals surface area contributed by atoms with Gasteiger partial charge in [-0.05, 0) is 118 Å². The number of fused-ring (bicyclic) bond motifs is 2. The second kappa shape index (κ2) is 27.9. The van der Waals surface area contributed by atoms with Crippen molar-refractivity contribution in [2.45, 2.75) is 142 Å². The van der Waals surface area contributed by atoms with Crippen molar-refractivity contribution in [3.63, 3.8) is 0 Å². The zero-order valence-electron chi connectivity index (χ0n) is 47.5. The maximum atomic E-state index is 14.6. The average Bonchev–Trinajstić information content (AvgIpc) is 4.18. The molecule has 5 atom stereocenters. The lowest BCUT2D eigenvalue weighted by Gasteiger charge is -2.35. The van der Waals surface area contributed by atoms with Crippen LogP contribution in [0, 0.1) is 23.7 Å². The maximum absolute atomic E-state index is 14.6. The Morgan fingerprint density at radius 2 is 1.60 bits per heavy atom. The Balaban J connectivity index is 0.952. The zero-order valence-corrected chi connectivity index (χ0v) is 49.2. The molecule has 83 heavy (non-hydrogen) atoms. The van der Waals surface area contributed by atoms with E-state index in [0.29, 0.717) is 37.1 Å². The summed E-state index contributed by atoms with van der Waals surface area (Å²) < 4.78 is 70.9. The predicted octanol–water partition coefficient (Wildman–Crippen LogP) is 9.47. The van der Waals surface area contributed by atoms with Crippen LogP contribution in [0.2, 0.25) is 0 Å². The Labute approximate surface area is 490 Å². The highest BCUT2D eigenvalue weighted by atomic mass is 32.1. The molecular formula is C60H70F3N7O11S2. The number of nitriles is 1. The third-order valence-corrected chi connectivity index (χ3v) is 15.7. The second-order valence-corrected chi connectivity index (χ2v) is 23.3. The summed E-state index contributed by atoms with van der Waals surface area (Å²) in [5, 5.41) is 15.1. The topological polar surface area (TPSA) is 219 Å². The number of hydrogen-bond acceptors (Lipinski definition) is 15. The Hall–Kier alpha value is -7.26. The fraction of sp³-hybridized carbons (Fsp3) is 0.483. The van der Waals surface area contributed by atoms with Gasteiger partial charge in [0.05, 0.1) is 64.8 Å². The van der Waals surface area contributed by atoms with Crippen molar-refractivity contribution in [3.05, 3.63) is 107 Å². The number of ether oxygens (including phenoxy) is 5. The van der Waals surface area contributed by atoms with Crippen molar-refractivity contribution in [1.82, 2.24) is 20.5 Å². The van der Waals surface area contributed by atoms with Crippen molar-refractivity contribution in [3.8, 4) is 22.3 Å². The molecule has 1 unspecified atom stereocenters. The van der Waals surface area contributed by atoms with E-state index in [9.17, 15) is 47.2 Å². The van der Waals surface area contributed by atoms with Gasteiger partial charge in [0, 0.05) is 51.0 Å². The van der Waals surface area contributed by atoms with Gasteiger partial charge in [-0.1, -0.05) is 57.2 Å². The van der Waals surface area contributed by atoms with E-state index in [0.717, 1.165) is 38.7 Å². The van der Waals surface area contributed by atoms with Crippen LogP contribution in [0.15, 0.2) is 84.4 Å². The molecule has 3 aromatic carbocycles. The van der Waals surface area contributed by atoms with Crippen molar-refractivity contribution in [2.75, 3.05) is 49.4 Å². The summed E-state index contributed by atoms with van der Waals surface area (Å²) in [7, 11) is 0. The van der Waals surface area contributed by atoms with Crippen LogP contribution in [-0.2, 0) is 53.9 Å². The van der Waals surface area contributed by atoms with Crippen LogP contribution in [0.1, 0.15) is 121 Å². The zero-order chi connectivity index (χ0) is 60.2. The number of rotatable bonds is 10. The van der Waals surface area contributed by atoms with E-state index in [-0.39, 0.29) is 76.1 Å². The molecule has 3 aliphatic heterocycles. The second-order valence-electron chi connectivity index (χ2n) is 22.1. The molecule has 1 aromatic heterocycles. The standard InChI is InChI=1S/C60H70F3N7O11S2/c1-37(39-15-17-40(18-16-39)52-38(2)65-36-83-52)66-54(74)48-32-46-34-68(48)55(75)53(58(3,4)5)67-49(71)35-78-28-12-27-77-29-25-45(80-50(72)13-10-8-9-11-14-51(73)81-46)26-30-79-44-23-21-42(22-24-44)70-57(82)69(56(76)59(70,6)7)43-20-19-41(33-64)47(31-43)60(61,62)63/h8-9,15-24,31,36-37,45-46,48,53H,10-14,25-30,32,34-35H2,1-7H3,(H,66,74)(H,67,71)/b9-8+/t37-,45?,46+,48-,53+/m0/s1. The molecule has 23 heteroatoms. The molecular weight excluding hydrogens is 1120 g/mol. The molecule has 4 aromatic rings. The highest BCUT2D eigenvalue weighted by Gasteiger charge is 2.51. The highest BCUT2D eigenvalue weighted by Crippen LogP contribution is 2.40. The first-order chi connectivity index (χ1) is 39.4. The van der Waals surface area contributed by atoms with E-state index < -0.39 is 94.2 Å². The quantitative estimate of drug-likeness (QED) is 0.0858. The Morgan fingerprint density at radius 3 is 2.24 bits per heavy atom. The predicted molar refractivity (Wildman–Crippen MR) is 308 cm³/mol. The van der Waals surface area contributed by atoms with E-state index in [4.69, 9.17) is 35.9 Å². The lowest BCUT2D eigenvalue weighted by atomic mass is 9.85. The monoisotopic (exact) mass is 1190 g/mol. The van der Waals surface area contributed by atoms with Crippen LogP contribution in [0.4, 0.5) is 24.5 Å². The first-order valence-corrected chi connectivity index (χ1v) is 28.8. The average molecular weight is 1190 g/mol. The number of aryl methyl sites for hydroxylation is 1. The Bertz CT molecular complexity index is 3070. The number of halogens is 3. The molecule has 2 fully saturated rings. The van der Waals surface area contributed by atoms with Gasteiger partial charge in [0.2, 0.25) is 17.7 Å². The fourth-order valence-electron chi connectivity index (χ4n) is 9.88. The van der Waals surface area contributed by atoms with Gasteiger partial charge in [-0.3, -0.25) is 33.7 Å². The number of aromatic nitrogens is 1. The number of nitrogens with zero attached hydrogens (tertiary/aromatic N) is 5. The minimum Gasteiger partial charge on any atom is -0.493 e. The van der Waals surface area contributed by atoms with Crippen LogP contribution in [-0.4, -0.2) is 120 Å². The number of anilines is 2. The van der Waals surface area contributed by atoms with Crippen molar-refractivity contribution in [2.24, 2.45) is 5.41 Å². The third-order valence-electron chi connectivity index (χ3n) is 14.4. The van der Waals surface area contributed by atoms with Gasteiger partial charge in [0.25, 0.3) is 5.91 Å². The highest BCUT2D eigenvalue weighted by molar-refractivity contribution is 7.81. The smallest absolute Gasteiger partial charge is 0.417 e. The summed E-state index contributed by atoms with van der Waals surface area (Å²) in [5.74, 6) is -2.59. The first kappa shape index (κ1) is 63.3. The molecule has 4 heterocycles. The maximum Gasteiger partial charge on any atom is 0.417 e. The normalized spacial score (nSPS) is 22.1. The van der Waals surface area contributed by atoms with Crippen molar-refractivity contribution < 1.29 is 65.6 Å². The van der Waals surface area contributed by atoms with E-state index in [1.165, 1.54) is 15.9 Å². The number of cyclic esters (lactones) is 1. The minimum atomic E-state index is -4.84. The number of thiocarbonyl (C=S) groups is 1. The fourth-order valence-corrected chi connectivity index (χ4v) is 11.2. The van der Waals surface area contributed by atoms with Crippen molar-refractivity contribution >= 4 is 75.6 Å². The Kier molecular flexibility index (Phi) is 21.3. The lowest BCUT2D eigenvalue weighted by Crippen LogP contribution is -2.58. The summed E-state index contributed by atoms with van der Waals surface area (Å²) in [4.78, 5) is 91.6. The first-order valence-electron chi connectivity index (χ1n) is 27.5. The van der Waals surface area contributed by atoms with Crippen LogP contribution >= 0.6 is 23.6 Å². The summed E-state index contributed by atoms with van der Waals surface area (Å²) in [6.07, 6.45) is -0.950. The van der Waals surface area contributed by atoms with Gasteiger partial charge >= 0.3 is 18.1 Å². The molecule has 2 saturated heterocycles. The van der Waals surface area contributed by atoms with Gasteiger partial charge in [-0.25, -0.2) is 4.98 Å². The number of carbonyl (C=O) groups is 6. The van der Waals surface area contributed by atoms with E-state index in [1.807, 2.05) is 38.1 Å². The number of benzene rings is 3. The molecule has 0 saturated carbocycles. The van der Waals surface area contributed by atoms with Gasteiger partial charge in [-0.2, -0.15) is 18.4 Å². The summed E-state index contributed by atoms with van der Waals surface area (Å²) in [6.45, 7) is 12.8. The molecule has 18 nitrogen and oxygen atoms in total. The number of amides is 4. The Morgan fingerprint density at radius 1 is 0.940 bits per heavy atom. The molecule has 2 N–H and O–H groups in total. The van der Waals surface area contributed by atoms with Crippen LogP contribution in [0.25, 0.3) is 10.4 Å². The molecule has 444 valence electrons. The minimum absolute atomic E-state index is 0.00129. The lowest BCUT2D eigenvalue weighted by molar-refractivity contribution is -0.151. The van der Waals surface area contributed by atoms with Crippen molar-refractivity contribution in [1.29, 1.82) is 5.26 Å². The number of esters is 2. The molecule has 0 radical (unpaired) electrons. The van der Waals surface area contributed by atoms with Crippen LogP contribution in [0.3, 0.4) is 0 Å². The van der Waals surface area contributed by atoms with E-state index in [1.54, 1.807) is 94.0 Å². The van der Waals surface area contributed by atoms with E-state index >= 15 is 0 Å². The molecule has 0 aliphatic carbocycles. The van der Waals surface area contributed by atoms with Gasteiger partial charge in [-0.15, -0.1) is 11.3 Å². The van der Waals surface area contributed by atoms with Crippen LogP contribution in [0.5, 0.6) is 5.75 Å². The number of nitrogens with one attached hydrogen (secondary N) is 2. The summed E-state index contributed by atoms with van der Waals surface area (Å²) >= 11 is 7.22. The van der Waals surface area contributed by atoms with Gasteiger partial charge in [0.1, 0.15) is 42.2 Å². The van der Waals surface area contributed by atoms with E-state index in [2.05, 4.69) is 15.6 Å². The number of hydrogen-bond donors (Lipinski definition) is 2.